The molecule has 2 aromatic heterocycles. The smallest absolute Gasteiger partial charge is 0.160 e. The quantitative estimate of drug-likeness (QED) is 0.134. The Hall–Kier alpha value is -8.88. The van der Waals surface area contributed by atoms with Gasteiger partial charge in [0.2, 0.25) is 0 Å². The lowest BCUT2D eigenvalue weighted by Crippen LogP contribution is -2.10. The maximum Gasteiger partial charge on any atom is 0.160 e. The Morgan fingerprint density at radius 1 is 0.286 bits per heavy atom. The third kappa shape index (κ3) is 7.32. The van der Waals surface area contributed by atoms with Gasteiger partial charge >= 0.3 is 0 Å². The van der Waals surface area contributed by atoms with E-state index in [1.54, 1.807) is 12.1 Å². The van der Waals surface area contributed by atoms with Gasteiger partial charge in [-0.15, -0.1) is 0 Å². The summed E-state index contributed by atoms with van der Waals surface area (Å²) < 4.78 is 61.3. The summed E-state index contributed by atoms with van der Waals surface area (Å²) in [5, 5.41) is 3.97. The van der Waals surface area contributed by atoms with Crippen LogP contribution >= 0.6 is 0 Å². The number of fused-ring (bicyclic) bond motifs is 6. The van der Waals surface area contributed by atoms with E-state index < -0.39 is 23.3 Å². The fraction of sp³-hybridized carbons (Fsp3) is 0.0323. The minimum Gasteiger partial charge on any atom is -0.310 e. The zero-order chi connectivity index (χ0) is 47.6. The zero-order valence-corrected chi connectivity index (χ0v) is 38.1. The number of aromatic nitrogens is 2. The molecule has 2 heterocycles. The van der Waals surface area contributed by atoms with Gasteiger partial charge < -0.3 is 18.9 Å². The van der Waals surface area contributed by atoms with E-state index >= 15 is 0 Å². The van der Waals surface area contributed by atoms with Gasteiger partial charge in [0.15, 0.2) is 23.3 Å². The second kappa shape index (κ2) is 17.0. The van der Waals surface area contributed by atoms with Crippen molar-refractivity contribution in [3.05, 3.63) is 253 Å². The molecule has 12 rings (SSSR count). The number of anilines is 6. The van der Waals surface area contributed by atoms with Crippen molar-refractivity contribution in [2.24, 2.45) is 0 Å². The minimum absolute atomic E-state index is 0.546. The third-order valence-electron chi connectivity index (χ3n) is 13.3. The molecule has 0 amide bonds. The maximum absolute atomic E-state index is 14.6. The van der Waals surface area contributed by atoms with Gasteiger partial charge in [-0.2, -0.15) is 0 Å². The van der Waals surface area contributed by atoms with Crippen molar-refractivity contribution in [2.45, 2.75) is 13.8 Å². The molecular formula is C62H42F4N4. The summed E-state index contributed by atoms with van der Waals surface area (Å²) in [6, 6.07) is 70.8. The first-order valence-corrected chi connectivity index (χ1v) is 23.1. The lowest BCUT2D eigenvalue weighted by molar-refractivity contribution is 0.508. The van der Waals surface area contributed by atoms with Gasteiger partial charge in [0.05, 0.1) is 22.1 Å². The van der Waals surface area contributed by atoms with E-state index in [4.69, 9.17) is 0 Å². The van der Waals surface area contributed by atoms with Gasteiger partial charge in [0.25, 0.3) is 0 Å². The Bertz CT molecular complexity index is 3690. The van der Waals surface area contributed by atoms with Gasteiger partial charge in [-0.25, -0.2) is 17.6 Å². The third-order valence-corrected chi connectivity index (χ3v) is 13.3. The lowest BCUT2D eigenvalue weighted by Gasteiger charge is -2.26. The van der Waals surface area contributed by atoms with E-state index in [-0.39, 0.29) is 0 Å². The number of halogens is 4. The zero-order valence-electron chi connectivity index (χ0n) is 38.1. The number of hydrogen-bond acceptors (Lipinski definition) is 2. The molecule has 0 aliphatic carbocycles. The highest BCUT2D eigenvalue weighted by atomic mass is 19.2. The number of hydrogen-bond donors (Lipinski definition) is 0. The fourth-order valence-electron chi connectivity index (χ4n) is 9.89. The van der Waals surface area contributed by atoms with Crippen LogP contribution in [0.5, 0.6) is 0 Å². The number of rotatable bonds is 9. The van der Waals surface area contributed by atoms with Crippen LogP contribution in [-0.4, -0.2) is 9.13 Å². The molecule has 0 unspecified atom stereocenters. The summed E-state index contributed by atoms with van der Waals surface area (Å²) in [6.07, 6.45) is 0. The predicted octanol–water partition coefficient (Wildman–Crippen LogP) is 17.7. The summed E-state index contributed by atoms with van der Waals surface area (Å²) in [5.74, 6) is -3.55. The average molecular weight is 919 g/mol. The van der Waals surface area contributed by atoms with E-state index in [0.717, 1.165) is 100.0 Å². The molecule has 10 aromatic carbocycles. The van der Waals surface area contributed by atoms with Crippen LogP contribution in [0, 0.1) is 37.1 Å². The molecule has 4 nitrogen and oxygen atoms in total. The Balaban J connectivity index is 0.909. The second-order valence-corrected chi connectivity index (χ2v) is 17.7. The molecular weight excluding hydrogens is 877 g/mol. The summed E-state index contributed by atoms with van der Waals surface area (Å²) in [4.78, 5) is 4.47. The fourth-order valence-corrected chi connectivity index (χ4v) is 9.89. The van der Waals surface area contributed by atoms with Gasteiger partial charge in [-0.1, -0.05) is 96.1 Å². The van der Waals surface area contributed by atoms with Crippen LogP contribution < -0.4 is 9.80 Å². The van der Waals surface area contributed by atoms with Crippen molar-refractivity contribution in [1.29, 1.82) is 0 Å². The van der Waals surface area contributed by atoms with E-state index in [0.29, 0.717) is 11.4 Å². The maximum atomic E-state index is 14.6. The highest BCUT2D eigenvalue weighted by molar-refractivity contribution is 6.12. The highest BCUT2D eigenvalue weighted by Gasteiger charge is 2.21. The van der Waals surface area contributed by atoms with Crippen molar-refractivity contribution in [2.75, 3.05) is 9.80 Å². The van der Waals surface area contributed by atoms with Crippen LogP contribution in [0.3, 0.4) is 0 Å². The van der Waals surface area contributed by atoms with Gasteiger partial charge in [-0.05, 0) is 146 Å². The van der Waals surface area contributed by atoms with Crippen LogP contribution in [0.4, 0.5) is 51.7 Å². The monoisotopic (exact) mass is 918 g/mol. The Kier molecular flexibility index (Phi) is 10.3. The van der Waals surface area contributed by atoms with E-state index in [1.807, 2.05) is 45.5 Å². The lowest BCUT2D eigenvalue weighted by atomic mass is 10.0. The summed E-state index contributed by atoms with van der Waals surface area (Å²) >= 11 is 0. The van der Waals surface area contributed by atoms with Crippen molar-refractivity contribution in [1.82, 2.24) is 9.13 Å². The molecule has 0 radical (unpaired) electrons. The molecule has 0 bridgehead atoms. The van der Waals surface area contributed by atoms with E-state index in [2.05, 4.69) is 169 Å². The predicted molar refractivity (Wildman–Crippen MR) is 279 cm³/mol. The van der Waals surface area contributed by atoms with Crippen LogP contribution in [0.1, 0.15) is 11.1 Å². The SMILES string of the molecule is Cc1ccc(N(c2ccc(-c3ccc(N(c4ccc(C)cc4)c4ccc5c(c4)c4ccccc4n5-c4ccc(F)c(F)c4)cc3)cc2)c2ccc3c(c2)c2ccccc2n3-c2ccc(F)c(F)c2)cc1. The molecule has 0 N–H and O–H groups in total. The molecule has 0 aliphatic heterocycles. The molecule has 0 aliphatic rings. The Labute approximate surface area is 401 Å². The number of benzene rings is 10. The normalized spacial score (nSPS) is 11.6. The van der Waals surface area contributed by atoms with Gasteiger partial charge in [0.1, 0.15) is 0 Å². The van der Waals surface area contributed by atoms with Crippen molar-refractivity contribution >= 4 is 77.7 Å². The highest BCUT2D eigenvalue weighted by Crippen LogP contribution is 2.43. The molecule has 0 atom stereocenters. The molecule has 12 aromatic rings. The summed E-state index contributed by atoms with van der Waals surface area (Å²) in [7, 11) is 0. The first kappa shape index (κ1) is 42.5. The first-order valence-electron chi connectivity index (χ1n) is 23.1. The average Bonchev–Trinajstić information content (AvgIpc) is 3.90. The minimum atomic E-state index is -0.894. The van der Waals surface area contributed by atoms with Crippen molar-refractivity contribution in [3.63, 3.8) is 0 Å². The molecule has 0 fully saturated rings. The Morgan fingerprint density at radius 3 is 0.986 bits per heavy atom. The molecule has 0 saturated carbocycles. The molecule has 338 valence electrons. The van der Waals surface area contributed by atoms with Gasteiger partial charge in [-0.3, -0.25) is 0 Å². The molecule has 8 heteroatoms. The second-order valence-electron chi connectivity index (χ2n) is 17.7. The van der Waals surface area contributed by atoms with Gasteiger partial charge in [0, 0.05) is 79.2 Å². The number of nitrogens with zero attached hydrogens (tertiary/aromatic N) is 4. The van der Waals surface area contributed by atoms with Crippen molar-refractivity contribution in [3.8, 4) is 22.5 Å². The number of aryl methyl sites for hydroxylation is 2. The molecule has 0 saturated heterocycles. The topological polar surface area (TPSA) is 16.3 Å². The first-order chi connectivity index (χ1) is 34.2. The van der Waals surface area contributed by atoms with Crippen molar-refractivity contribution < 1.29 is 17.6 Å². The van der Waals surface area contributed by atoms with Crippen LogP contribution in [0.25, 0.3) is 66.1 Å². The molecule has 70 heavy (non-hydrogen) atoms. The van der Waals surface area contributed by atoms with Crippen LogP contribution in [0.15, 0.2) is 218 Å². The largest absolute Gasteiger partial charge is 0.310 e. The standard InChI is InChI=1S/C62H42F4N4/c1-39-11-19-43(20-12-39)67(47-29-33-61-53(35-47)51-7-3-5-9-59(51)69(61)49-27-31-55(63)57(65)37-49)45-23-15-41(16-24-45)42-17-25-46(26-18-42)68(44-21-13-40(2)14-22-44)48-30-34-62-54(36-48)52-8-4-6-10-60(52)70(62)50-28-32-56(64)58(66)38-50/h3-38H,1-2H3. The summed E-state index contributed by atoms with van der Waals surface area (Å²) in [6.45, 7) is 4.15. The number of para-hydroxylation sites is 2. The van der Waals surface area contributed by atoms with E-state index in [9.17, 15) is 17.6 Å². The summed E-state index contributed by atoms with van der Waals surface area (Å²) in [5.41, 5.74) is 14.9. The van der Waals surface area contributed by atoms with E-state index in [1.165, 1.54) is 24.3 Å². The Morgan fingerprint density at radius 2 is 0.614 bits per heavy atom. The molecule has 0 spiro atoms. The van der Waals surface area contributed by atoms with Crippen LogP contribution in [0.2, 0.25) is 0 Å². The van der Waals surface area contributed by atoms with Crippen LogP contribution in [-0.2, 0) is 0 Å².